The van der Waals surface area contributed by atoms with Crippen molar-refractivity contribution in [1.82, 2.24) is 9.62 Å². The lowest BCUT2D eigenvalue weighted by Crippen LogP contribution is -2.42. The molecule has 0 aromatic heterocycles. The average molecular weight is 349 g/mol. The van der Waals surface area contributed by atoms with Crippen LogP contribution in [-0.4, -0.2) is 44.2 Å². The fourth-order valence-electron chi connectivity index (χ4n) is 3.28. The van der Waals surface area contributed by atoms with Crippen LogP contribution in [-0.2, 0) is 10.0 Å². The van der Waals surface area contributed by atoms with Crippen LogP contribution in [0.1, 0.15) is 19.3 Å². The first-order valence-corrected chi connectivity index (χ1v) is 9.68. The fourth-order valence-corrected chi connectivity index (χ4v) is 6.30. The predicted octanol–water partition coefficient (Wildman–Crippen LogP) is 2.35. The molecule has 21 heavy (non-hydrogen) atoms. The van der Waals surface area contributed by atoms with Gasteiger partial charge in [-0.25, -0.2) is 8.42 Å². The summed E-state index contributed by atoms with van der Waals surface area (Å²) in [6, 6.07) is 7.60. The lowest BCUT2D eigenvalue weighted by Gasteiger charge is -2.27. The van der Waals surface area contributed by atoms with Gasteiger partial charge < -0.3 is 5.32 Å². The highest BCUT2D eigenvalue weighted by Gasteiger charge is 2.43. The van der Waals surface area contributed by atoms with Gasteiger partial charge in [0, 0.05) is 23.5 Å². The Morgan fingerprint density at radius 3 is 2.67 bits per heavy atom. The number of thioether (sulfide) groups is 1. The molecule has 1 aromatic carbocycles. The van der Waals surface area contributed by atoms with Gasteiger partial charge in [-0.15, -0.1) is 24.2 Å². The molecule has 1 aromatic rings. The third-order valence-electron chi connectivity index (χ3n) is 4.21. The first kappa shape index (κ1) is 17.1. The summed E-state index contributed by atoms with van der Waals surface area (Å²) in [6.07, 6.45) is 4.80. The monoisotopic (exact) mass is 348 g/mol. The van der Waals surface area contributed by atoms with Gasteiger partial charge in [0.05, 0.1) is 4.90 Å². The van der Waals surface area contributed by atoms with Crippen molar-refractivity contribution in [2.45, 2.75) is 41.1 Å². The minimum Gasteiger partial charge on any atom is -0.315 e. The Morgan fingerprint density at radius 1 is 1.19 bits per heavy atom. The lowest BCUT2D eigenvalue weighted by atomic mass is 10.1. The van der Waals surface area contributed by atoms with Gasteiger partial charge in [0.2, 0.25) is 10.0 Å². The molecule has 0 radical (unpaired) electrons. The van der Waals surface area contributed by atoms with Crippen molar-refractivity contribution < 1.29 is 8.42 Å². The van der Waals surface area contributed by atoms with Crippen LogP contribution >= 0.6 is 24.2 Å². The number of rotatable bonds is 3. The second-order valence-electron chi connectivity index (χ2n) is 5.36. The van der Waals surface area contributed by atoms with E-state index < -0.39 is 10.0 Å². The van der Waals surface area contributed by atoms with E-state index >= 15 is 0 Å². The van der Waals surface area contributed by atoms with Crippen LogP contribution in [0, 0.1) is 0 Å². The van der Waals surface area contributed by atoms with Gasteiger partial charge in [0.15, 0.2) is 0 Å². The van der Waals surface area contributed by atoms with E-state index in [1.54, 1.807) is 10.4 Å². The maximum Gasteiger partial charge on any atom is 0.244 e. The highest BCUT2D eigenvalue weighted by atomic mass is 35.5. The molecule has 2 heterocycles. The Kier molecular flexibility index (Phi) is 5.59. The Morgan fingerprint density at radius 2 is 1.90 bits per heavy atom. The lowest BCUT2D eigenvalue weighted by molar-refractivity contribution is 0.334. The molecule has 1 N–H and O–H groups in total. The van der Waals surface area contributed by atoms with E-state index in [9.17, 15) is 8.42 Å². The van der Waals surface area contributed by atoms with Crippen LogP contribution in [0.25, 0.3) is 0 Å². The molecule has 2 aliphatic rings. The summed E-state index contributed by atoms with van der Waals surface area (Å²) < 4.78 is 27.9. The summed E-state index contributed by atoms with van der Waals surface area (Å²) in [6.45, 7) is 1.69. The zero-order valence-corrected chi connectivity index (χ0v) is 14.4. The number of benzene rings is 1. The average Bonchev–Trinajstić information content (AvgIpc) is 2.72. The molecule has 0 aliphatic carbocycles. The maximum atomic E-state index is 13.1. The Balaban J connectivity index is 0.00000161. The number of fused-ring (bicyclic) bond motifs is 2. The largest absolute Gasteiger partial charge is 0.315 e. The number of nitrogens with zero attached hydrogens (tertiary/aromatic N) is 1. The number of halogens is 1. The number of sulfonamides is 1. The molecule has 7 heteroatoms. The second kappa shape index (κ2) is 6.87. The molecule has 2 fully saturated rings. The van der Waals surface area contributed by atoms with Crippen LogP contribution in [0.15, 0.2) is 34.1 Å². The smallest absolute Gasteiger partial charge is 0.244 e. The highest BCUT2D eigenvalue weighted by Crippen LogP contribution is 2.36. The zero-order chi connectivity index (χ0) is 14.2. The Labute approximate surface area is 137 Å². The van der Waals surface area contributed by atoms with E-state index in [2.05, 4.69) is 5.32 Å². The maximum absolute atomic E-state index is 13.1. The molecule has 118 valence electrons. The summed E-state index contributed by atoms with van der Waals surface area (Å²) in [4.78, 5) is 1.30. The first-order valence-electron chi connectivity index (χ1n) is 7.02. The van der Waals surface area contributed by atoms with Crippen LogP contribution in [0.5, 0.6) is 0 Å². The van der Waals surface area contributed by atoms with E-state index in [-0.39, 0.29) is 24.5 Å². The fraction of sp³-hybridized carbons (Fsp3) is 0.571. The summed E-state index contributed by atoms with van der Waals surface area (Å²) >= 11 is 1.49. The Hall–Kier alpha value is -0.270. The van der Waals surface area contributed by atoms with Crippen LogP contribution < -0.4 is 5.32 Å². The third-order valence-corrected chi connectivity index (χ3v) is 7.20. The van der Waals surface area contributed by atoms with Crippen molar-refractivity contribution in [2.24, 2.45) is 0 Å². The van der Waals surface area contributed by atoms with Crippen molar-refractivity contribution in [3.63, 3.8) is 0 Å². The van der Waals surface area contributed by atoms with Gasteiger partial charge in [0.25, 0.3) is 0 Å². The van der Waals surface area contributed by atoms with Crippen molar-refractivity contribution in [1.29, 1.82) is 0 Å². The predicted molar refractivity (Wildman–Crippen MR) is 88.8 cm³/mol. The molecule has 0 amide bonds. The van der Waals surface area contributed by atoms with Crippen molar-refractivity contribution >= 4 is 34.2 Å². The molecule has 3 rings (SSSR count). The second-order valence-corrected chi connectivity index (χ2v) is 8.02. The zero-order valence-electron chi connectivity index (χ0n) is 12.0. The topological polar surface area (TPSA) is 49.4 Å². The minimum absolute atomic E-state index is 0. The molecule has 0 saturated carbocycles. The van der Waals surface area contributed by atoms with E-state index in [0.29, 0.717) is 4.90 Å². The third kappa shape index (κ3) is 3.10. The summed E-state index contributed by atoms with van der Waals surface area (Å²) in [5.41, 5.74) is 0. The van der Waals surface area contributed by atoms with Gasteiger partial charge in [-0.05, 0) is 44.2 Å². The first-order chi connectivity index (χ1) is 9.64. The summed E-state index contributed by atoms with van der Waals surface area (Å²) in [5, 5.41) is 3.35. The molecular weight excluding hydrogens is 328 g/mol. The van der Waals surface area contributed by atoms with Crippen LogP contribution in [0.4, 0.5) is 0 Å². The van der Waals surface area contributed by atoms with Crippen molar-refractivity contribution in [2.75, 3.05) is 19.3 Å². The van der Waals surface area contributed by atoms with Crippen LogP contribution in [0.3, 0.4) is 0 Å². The van der Waals surface area contributed by atoms with Gasteiger partial charge >= 0.3 is 0 Å². The number of nitrogens with one attached hydrogen (secondary N) is 1. The van der Waals surface area contributed by atoms with E-state index in [1.807, 2.05) is 24.5 Å². The number of hydrogen-bond acceptors (Lipinski definition) is 4. The van der Waals surface area contributed by atoms with Gasteiger partial charge in [-0.2, -0.15) is 4.31 Å². The molecular formula is C14H21ClN2O2S2. The van der Waals surface area contributed by atoms with Gasteiger partial charge in [0.1, 0.15) is 0 Å². The quantitative estimate of drug-likeness (QED) is 0.852. The summed E-state index contributed by atoms with van der Waals surface area (Å²) in [7, 11) is -3.39. The van der Waals surface area contributed by atoms with Gasteiger partial charge in [-0.3, -0.25) is 0 Å². The van der Waals surface area contributed by atoms with Crippen molar-refractivity contribution in [3.8, 4) is 0 Å². The SMILES string of the molecule is CSc1ccccc1S(=O)(=O)N1C2CCNCC1CC2.Cl. The van der Waals surface area contributed by atoms with E-state index in [0.717, 1.165) is 37.2 Å². The minimum atomic E-state index is -3.39. The molecule has 4 nitrogen and oxygen atoms in total. The standard InChI is InChI=1S/C14H20N2O2S2.ClH/c1-19-13-4-2-3-5-14(13)20(17,18)16-11-6-7-12(16)10-15-9-8-11;/h2-5,11-12,15H,6-10H2,1H3;1H. The normalized spacial score (nSPS) is 26.1. The van der Waals surface area contributed by atoms with Crippen molar-refractivity contribution in [3.05, 3.63) is 24.3 Å². The molecule has 2 unspecified atom stereocenters. The van der Waals surface area contributed by atoms with E-state index in [4.69, 9.17) is 0 Å². The number of hydrogen-bond donors (Lipinski definition) is 1. The Bertz CT molecular complexity index is 580. The summed E-state index contributed by atoms with van der Waals surface area (Å²) in [5.74, 6) is 0. The molecule has 0 spiro atoms. The molecule has 2 saturated heterocycles. The van der Waals surface area contributed by atoms with E-state index in [1.165, 1.54) is 11.8 Å². The molecule has 2 bridgehead atoms. The van der Waals surface area contributed by atoms with Crippen LogP contribution in [0.2, 0.25) is 0 Å². The molecule has 2 atom stereocenters. The highest BCUT2D eigenvalue weighted by molar-refractivity contribution is 7.99. The molecule has 2 aliphatic heterocycles. The van der Waals surface area contributed by atoms with Gasteiger partial charge in [-0.1, -0.05) is 12.1 Å².